The first-order valence-electron chi connectivity index (χ1n) is 5.85. The predicted molar refractivity (Wildman–Crippen MR) is 60.5 cm³/mol. The van der Waals surface area contributed by atoms with E-state index in [1.54, 1.807) is 0 Å². The topological polar surface area (TPSA) is 0 Å². The Hall–Kier alpha value is 0.0649. The van der Waals surface area contributed by atoms with Crippen LogP contribution in [0.4, 0.5) is 0 Å². The van der Waals surface area contributed by atoms with Gasteiger partial charge in [0.2, 0.25) is 0 Å². The molecule has 0 bridgehead atoms. The number of hydrogen-bond acceptors (Lipinski definition) is 0. The smallest absolute Gasteiger partial charge is 0.0808 e. The van der Waals surface area contributed by atoms with Crippen molar-refractivity contribution in [2.75, 3.05) is 0 Å². The molecule has 1 heteroatoms. The monoisotopic (exact) mass is 168 g/mol. The minimum atomic E-state index is 1.02. The molecule has 0 N–H and O–H groups in total. The summed E-state index contributed by atoms with van der Waals surface area (Å²) < 4.78 is 0. The number of rotatable bonds is 8. The zero-order valence-corrected chi connectivity index (χ0v) is 9.23. The molecule has 0 radical (unpaired) electrons. The second kappa shape index (κ2) is 9.16. The maximum absolute atomic E-state index is 2.33. The summed E-state index contributed by atoms with van der Waals surface area (Å²) in [6.07, 6.45) is 11.4. The van der Waals surface area contributed by atoms with Crippen molar-refractivity contribution >= 4 is 7.85 Å². The lowest BCUT2D eigenvalue weighted by Crippen LogP contribution is -1.98. The summed E-state index contributed by atoms with van der Waals surface area (Å²) in [5.41, 5.74) is 0. The average molecular weight is 168 g/mol. The molecule has 0 aliphatic heterocycles. The quantitative estimate of drug-likeness (QED) is 0.384. The molecule has 72 valence electrons. The molecule has 0 aromatic carbocycles. The lowest BCUT2D eigenvalue weighted by Gasteiger charge is -2.12. The van der Waals surface area contributed by atoms with Crippen molar-refractivity contribution in [2.24, 2.45) is 5.92 Å². The lowest BCUT2D eigenvalue weighted by atomic mass is 9.88. The Morgan fingerprint density at radius 1 is 1.00 bits per heavy atom. The number of hydrogen-bond donors (Lipinski definition) is 0. The van der Waals surface area contributed by atoms with E-state index in [4.69, 9.17) is 0 Å². The second-order valence-electron chi connectivity index (χ2n) is 3.91. The fourth-order valence-electron chi connectivity index (χ4n) is 1.82. The van der Waals surface area contributed by atoms with Gasteiger partial charge in [0.05, 0.1) is 0 Å². The molecule has 0 rings (SSSR count). The minimum Gasteiger partial charge on any atom is -0.0808 e. The van der Waals surface area contributed by atoms with Crippen LogP contribution in [0, 0.1) is 5.92 Å². The molecule has 0 aromatic rings. The fraction of sp³-hybridized carbons (Fsp3) is 1.00. The molecule has 0 saturated carbocycles. The van der Waals surface area contributed by atoms with Gasteiger partial charge in [-0.15, -0.1) is 0 Å². The highest BCUT2D eigenvalue weighted by Gasteiger charge is 2.03. The molecule has 0 saturated heterocycles. The Balaban J connectivity index is 3.19. The first kappa shape index (κ1) is 12.1. The van der Waals surface area contributed by atoms with Crippen molar-refractivity contribution in [3.05, 3.63) is 0 Å². The highest BCUT2D eigenvalue weighted by molar-refractivity contribution is 6.08. The average Bonchev–Trinajstić information content (AvgIpc) is 2.10. The second-order valence-corrected chi connectivity index (χ2v) is 3.91. The molecule has 0 aliphatic carbocycles. The van der Waals surface area contributed by atoms with Crippen LogP contribution < -0.4 is 0 Å². The van der Waals surface area contributed by atoms with Crippen molar-refractivity contribution in [3.63, 3.8) is 0 Å². The summed E-state index contributed by atoms with van der Waals surface area (Å²) in [4.78, 5) is 0. The van der Waals surface area contributed by atoms with Gasteiger partial charge in [0.15, 0.2) is 0 Å². The van der Waals surface area contributed by atoms with Gasteiger partial charge in [-0.05, 0) is 5.92 Å². The summed E-state index contributed by atoms with van der Waals surface area (Å²) >= 11 is 0. The van der Waals surface area contributed by atoms with E-state index in [0.717, 1.165) is 5.92 Å². The Morgan fingerprint density at radius 2 is 1.75 bits per heavy atom. The molecule has 0 aliphatic rings. The normalized spacial score (nSPS) is 13.2. The van der Waals surface area contributed by atoms with Crippen LogP contribution in [-0.4, -0.2) is 7.85 Å². The van der Waals surface area contributed by atoms with E-state index in [9.17, 15) is 0 Å². The van der Waals surface area contributed by atoms with Crippen LogP contribution in [0.25, 0.3) is 0 Å². The standard InChI is InChI=1S/C11H25B/c1-3-5-6-7-8-11(4-2)9-10-12/h11H,3-10,12H2,1-2H3/t11-/m1/s1. The third kappa shape index (κ3) is 6.76. The van der Waals surface area contributed by atoms with Crippen LogP contribution in [-0.2, 0) is 0 Å². The SMILES string of the molecule is BCC[C@H](CC)CCCCCC. The van der Waals surface area contributed by atoms with Gasteiger partial charge in [-0.25, -0.2) is 0 Å². The van der Waals surface area contributed by atoms with Crippen molar-refractivity contribution in [3.8, 4) is 0 Å². The third-order valence-electron chi connectivity index (χ3n) is 2.74. The van der Waals surface area contributed by atoms with Gasteiger partial charge < -0.3 is 0 Å². The van der Waals surface area contributed by atoms with Gasteiger partial charge in [-0.3, -0.25) is 0 Å². The molecule has 0 amide bonds. The van der Waals surface area contributed by atoms with E-state index in [2.05, 4.69) is 21.7 Å². The Bertz CT molecular complexity index is 81.1. The first-order valence-corrected chi connectivity index (χ1v) is 5.85. The van der Waals surface area contributed by atoms with Crippen molar-refractivity contribution in [1.29, 1.82) is 0 Å². The van der Waals surface area contributed by atoms with Crippen molar-refractivity contribution in [2.45, 2.75) is 65.1 Å². The zero-order chi connectivity index (χ0) is 9.23. The molecular formula is C11H25B. The van der Waals surface area contributed by atoms with Gasteiger partial charge in [0.1, 0.15) is 7.85 Å². The lowest BCUT2D eigenvalue weighted by molar-refractivity contribution is 0.429. The molecule has 0 heterocycles. The van der Waals surface area contributed by atoms with E-state index in [1.807, 2.05) is 0 Å². The van der Waals surface area contributed by atoms with E-state index in [0.29, 0.717) is 0 Å². The summed E-state index contributed by atoms with van der Waals surface area (Å²) in [5.74, 6) is 1.02. The highest BCUT2D eigenvalue weighted by atomic mass is 14.1. The third-order valence-corrected chi connectivity index (χ3v) is 2.74. The maximum atomic E-state index is 2.33. The molecular weight excluding hydrogens is 143 g/mol. The number of unbranched alkanes of at least 4 members (excludes halogenated alkanes) is 3. The summed E-state index contributed by atoms with van der Waals surface area (Å²) in [6, 6.07) is 0. The summed E-state index contributed by atoms with van der Waals surface area (Å²) in [7, 11) is 2.30. The van der Waals surface area contributed by atoms with Crippen molar-refractivity contribution < 1.29 is 0 Å². The van der Waals surface area contributed by atoms with Crippen LogP contribution in [0.2, 0.25) is 6.32 Å². The molecule has 0 spiro atoms. The van der Waals surface area contributed by atoms with Gasteiger partial charge in [-0.1, -0.05) is 65.1 Å². The largest absolute Gasteiger partial charge is 0.101 e. The molecule has 1 atom stereocenters. The van der Waals surface area contributed by atoms with Crippen LogP contribution >= 0.6 is 0 Å². The van der Waals surface area contributed by atoms with Crippen molar-refractivity contribution in [1.82, 2.24) is 0 Å². The first-order chi connectivity index (χ1) is 5.85. The minimum absolute atomic E-state index is 1.02. The van der Waals surface area contributed by atoms with Gasteiger partial charge in [0.25, 0.3) is 0 Å². The van der Waals surface area contributed by atoms with E-state index in [1.165, 1.54) is 51.3 Å². The Labute approximate surface area is 79.5 Å². The van der Waals surface area contributed by atoms with Crippen LogP contribution in [0.5, 0.6) is 0 Å². The molecule has 12 heavy (non-hydrogen) atoms. The zero-order valence-electron chi connectivity index (χ0n) is 9.23. The van der Waals surface area contributed by atoms with E-state index >= 15 is 0 Å². The highest BCUT2D eigenvalue weighted by Crippen LogP contribution is 2.18. The Morgan fingerprint density at radius 3 is 2.25 bits per heavy atom. The van der Waals surface area contributed by atoms with Crippen LogP contribution in [0.3, 0.4) is 0 Å². The Kier molecular flexibility index (Phi) is 9.20. The van der Waals surface area contributed by atoms with Gasteiger partial charge in [-0.2, -0.15) is 0 Å². The van der Waals surface area contributed by atoms with Crippen LogP contribution in [0.1, 0.15) is 58.8 Å². The van der Waals surface area contributed by atoms with E-state index < -0.39 is 0 Å². The van der Waals surface area contributed by atoms with Gasteiger partial charge >= 0.3 is 0 Å². The van der Waals surface area contributed by atoms with Crippen LogP contribution in [0.15, 0.2) is 0 Å². The summed E-state index contributed by atoms with van der Waals surface area (Å²) in [5, 5.41) is 0. The van der Waals surface area contributed by atoms with E-state index in [-0.39, 0.29) is 0 Å². The molecule has 0 nitrogen and oxygen atoms in total. The predicted octanol–water partition coefficient (Wildman–Crippen LogP) is 3.42. The maximum Gasteiger partial charge on any atom is 0.101 e. The van der Waals surface area contributed by atoms with Gasteiger partial charge in [0, 0.05) is 0 Å². The fourth-order valence-corrected chi connectivity index (χ4v) is 1.82. The molecule has 0 aromatic heterocycles. The molecule has 0 unspecified atom stereocenters. The summed E-state index contributed by atoms with van der Waals surface area (Å²) in [6.45, 7) is 4.61. The molecule has 0 fully saturated rings.